The summed E-state index contributed by atoms with van der Waals surface area (Å²) in [5.41, 5.74) is 0. The molecule has 21 heavy (non-hydrogen) atoms. The molecule has 0 aliphatic rings. The predicted octanol–water partition coefficient (Wildman–Crippen LogP) is 2.72. The first-order valence-corrected chi connectivity index (χ1v) is 8.41. The van der Waals surface area contributed by atoms with Crippen LogP contribution in [0.2, 0.25) is 0 Å². The standard InChI is InChI=1S/C17H34N2O2/c1-3-4-9-12-17(21)18-13-15-19(2)14-10-7-5-6-8-11-16-20/h4,9,20H,3,5-8,10-16H2,1-2H3,(H,18,21)/b9-4+. The number of allylic oxidation sites excluding steroid dienone is 1. The van der Waals surface area contributed by atoms with Crippen molar-refractivity contribution in [1.82, 2.24) is 10.2 Å². The molecule has 0 saturated carbocycles. The quantitative estimate of drug-likeness (QED) is 0.383. The number of aliphatic hydroxyl groups is 1. The molecular weight excluding hydrogens is 264 g/mol. The number of hydrogen-bond donors (Lipinski definition) is 2. The number of carbonyl (C=O) groups is 1. The van der Waals surface area contributed by atoms with Crippen LogP contribution >= 0.6 is 0 Å². The maximum absolute atomic E-state index is 11.5. The summed E-state index contributed by atoms with van der Waals surface area (Å²) >= 11 is 0. The minimum absolute atomic E-state index is 0.108. The first kappa shape index (κ1) is 20.1. The Balaban J connectivity index is 3.35. The second-order valence-corrected chi connectivity index (χ2v) is 5.58. The molecule has 124 valence electrons. The van der Waals surface area contributed by atoms with Crippen molar-refractivity contribution >= 4 is 5.91 Å². The van der Waals surface area contributed by atoms with Gasteiger partial charge < -0.3 is 15.3 Å². The molecule has 0 aromatic carbocycles. The van der Waals surface area contributed by atoms with Gasteiger partial charge in [0.1, 0.15) is 0 Å². The van der Waals surface area contributed by atoms with Crippen LogP contribution in [0.1, 0.15) is 58.3 Å². The van der Waals surface area contributed by atoms with Crippen molar-refractivity contribution in [2.75, 3.05) is 33.3 Å². The zero-order valence-corrected chi connectivity index (χ0v) is 13.9. The Morgan fingerprint density at radius 1 is 1.05 bits per heavy atom. The van der Waals surface area contributed by atoms with Crippen molar-refractivity contribution in [3.05, 3.63) is 12.2 Å². The third-order valence-electron chi connectivity index (χ3n) is 3.47. The number of rotatable bonds is 14. The number of likely N-dealkylation sites (N-methyl/N-ethyl adjacent to an activating group) is 1. The van der Waals surface area contributed by atoms with Gasteiger partial charge in [-0.05, 0) is 32.9 Å². The number of hydrogen-bond acceptors (Lipinski definition) is 3. The molecule has 0 aliphatic heterocycles. The van der Waals surface area contributed by atoms with E-state index in [9.17, 15) is 4.79 Å². The van der Waals surface area contributed by atoms with Crippen molar-refractivity contribution < 1.29 is 9.90 Å². The highest BCUT2D eigenvalue weighted by Gasteiger charge is 2.00. The molecule has 0 radical (unpaired) electrons. The average molecular weight is 298 g/mol. The summed E-state index contributed by atoms with van der Waals surface area (Å²) in [4.78, 5) is 13.8. The number of amides is 1. The summed E-state index contributed by atoms with van der Waals surface area (Å²) in [5, 5.41) is 11.6. The fourth-order valence-electron chi connectivity index (χ4n) is 2.13. The second-order valence-electron chi connectivity index (χ2n) is 5.58. The lowest BCUT2D eigenvalue weighted by molar-refractivity contribution is -0.120. The third kappa shape index (κ3) is 15.3. The molecule has 0 aromatic rings. The van der Waals surface area contributed by atoms with Crippen molar-refractivity contribution in [3.8, 4) is 0 Å². The fraction of sp³-hybridized carbons (Fsp3) is 0.824. The maximum Gasteiger partial charge on any atom is 0.223 e. The molecule has 0 heterocycles. The Morgan fingerprint density at radius 3 is 2.38 bits per heavy atom. The van der Waals surface area contributed by atoms with E-state index in [0.29, 0.717) is 13.0 Å². The van der Waals surface area contributed by atoms with Gasteiger partial charge in [-0.2, -0.15) is 0 Å². The Labute approximate surface area is 130 Å². The van der Waals surface area contributed by atoms with Gasteiger partial charge in [0.05, 0.1) is 0 Å². The number of unbranched alkanes of at least 4 members (excludes halogenated alkanes) is 5. The summed E-state index contributed by atoms with van der Waals surface area (Å²) in [6.07, 6.45) is 12.5. The van der Waals surface area contributed by atoms with Crippen LogP contribution in [-0.2, 0) is 4.79 Å². The summed E-state index contributed by atoms with van der Waals surface area (Å²) in [6.45, 7) is 5.11. The van der Waals surface area contributed by atoms with Crippen LogP contribution in [0.15, 0.2) is 12.2 Å². The second kappa shape index (κ2) is 15.5. The monoisotopic (exact) mass is 298 g/mol. The summed E-state index contributed by atoms with van der Waals surface area (Å²) in [6, 6.07) is 0. The summed E-state index contributed by atoms with van der Waals surface area (Å²) in [5.74, 6) is 0.108. The number of aliphatic hydroxyl groups excluding tert-OH is 1. The van der Waals surface area contributed by atoms with Gasteiger partial charge in [0.2, 0.25) is 5.91 Å². The molecule has 4 heteroatoms. The number of carbonyl (C=O) groups excluding carboxylic acids is 1. The van der Waals surface area contributed by atoms with Gasteiger partial charge in [-0.25, -0.2) is 0 Å². The van der Waals surface area contributed by atoms with Crippen LogP contribution in [0.4, 0.5) is 0 Å². The fourth-order valence-corrected chi connectivity index (χ4v) is 2.13. The lowest BCUT2D eigenvalue weighted by atomic mass is 10.1. The van der Waals surface area contributed by atoms with E-state index in [1.165, 1.54) is 25.7 Å². The molecule has 0 rings (SSSR count). The molecule has 0 aliphatic carbocycles. The molecule has 0 fully saturated rings. The number of nitrogens with zero attached hydrogens (tertiary/aromatic N) is 1. The highest BCUT2D eigenvalue weighted by molar-refractivity contribution is 5.77. The summed E-state index contributed by atoms with van der Waals surface area (Å²) in [7, 11) is 2.11. The topological polar surface area (TPSA) is 52.6 Å². The molecule has 0 bridgehead atoms. The van der Waals surface area contributed by atoms with E-state index in [-0.39, 0.29) is 5.91 Å². The van der Waals surface area contributed by atoms with Crippen LogP contribution in [0.25, 0.3) is 0 Å². The van der Waals surface area contributed by atoms with Gasteiger partial charge in [-0.15, -0.1) is 0 Å². The SMILES string of the molecule is CC/C=C/CC(=O)NCCN(C)CCCCCCCCO. The zero-order chi connectivity index (χ0) is 15.8. The van der Waals surface area contributed by atoms with Gasteiger partial charge in [0.25, 0.3) is 0 Å². The van der Waals surface area contributed by atoms with E-state index in [1.54, 1.807) is 0 Å². The molecule has 0 aromatic heterocycles. The Bertz CT molecular complexity index is 268. The van der Waals surface area contributed by atoms with Crippen LogP contribution in [0.3, 0.4) is 0 Å². The summed E-state index contributed by atoms with van der Waals surface area (Å²) < 4.78 is 0. The largest absolute Gasteiger partial charge is 0.396 e. The van der Waals surface area contributed by atoms with Crippen molar-refractivity contribution in [2.45, 2.75) is 58.3 Å². The Hall–Kier alpha value is -0.870. The Morgan fingerprint density at radius 2 is 1.71 bits per heavy atom. The molecule has 0 saturated heterocycles. The van der Waals surface area contributed by atoms with Crippen molar-refractivity contribution in [1.29, 1.82) is 0 Å². The zero-order valence-electron chi connectivity index (χ0n) is 13.9. The lowest BCUT2D eigenvalue weighted by Crippen LogP contribution is -2.33. The minimum atomic E-state index is 0.108. The average Bonchev–Trinajstić information content (AvgIpc) is 2.46. The molecular formula is C17H34N2O2. The molecule has 2 N–H and O–H groups in total. The minimum Gasteiger partial charge on any atom is -0.396 e. The first-order chi connectivity index (χ1) is 10.2. The highest BCUT2D eigenvalue weighted by atomic mass is 16.2. The molecule has 1 amide bonds. The number of nitrogens with one attached hydrogen (secondary N) is 1. The van der Waals surface area contributed by atoms with E-state index in [1.807, 2.05) is 12.2 Å². The molecule has 0 unspecified atom stereocenters. The maximum atomic E-state index is 11.5. The Kier molecular flexibility index (Phi) is 14.9. The van der Waals surface area contributed by atoms with Crippen LogP contribution in [0.5, 0.6) is 0 Å². The van der Waals surface area contributed by atoms with Gasteiger partial charge in [0.15, 0.2) is 0 Å². The van der Waals surface area contributed by atoms with Gasteiger partial charge in [-0.3, -0.25) is 4.79 Å². The van der Waals surface area contributed by atoms with Gasteiger partial charge in [0, 0.05) is 26.1 Å². The van der Waals surface area contributed by atoms with Gasteiger partial charge >= 0.3 is 0 Å². The first-order valence-electron chi connectivity index (χ1n) is 8.41. The van der Waals surface area contributed by atoms with Gasteiger partial charge in [-0.1, -0.05) is 44.8 Å². The van der Waals surface area contributed by atoms with Crippen molar-refractivity contribution in [2.24, 2.45) is 0 Å². The van der Waals surface area contributed by atoms with Crippen LogP contribution in [0, 0.1) is 0 Å². The van der Waals surface area contributed by atoms with Crippen molar-refractivity contribution in [3.63, 3.8) is 0 Å². The highest BCUT2D eigenvalue weighted by Crippen LogP contribution is 2.05. The smallest absolute Gasteiger partial charge is 0.223 e. The normalized spacial score (nSPS) is 11.4. The molecule has 0 spiro atoms. The third-order valence-corrected chi connectivity index (χ3v) is 3.47. The predicted molar refractivity (Wildman–Crippen MR) is 89.3 cm³/mol. The van der Waals surface area contributed by atoms with E-state index < -0.39 is 0 Å². The lowest BCUT2D eigenvalue weighted by Gasteiger charge is -2.16. The van der Waals surface area contributed by atoms with E-state index in [2.05, 4.69) is 24.2 Å². The van der Waals surface area contributed by atoms with Crippen LogP contribution in [-0.4, -0.2) is 49.2 Å². The van der Waals surface area contributed by atoms with E-state index >= 15 is 0 Å². The van der Waals surface area contributed by atoms with E-state index in [0.717, 1.165) is 38.9 Å². The molecule has 0 atom stereocenters. The molecule has 4 nitrogen and oxygen atoms in total. The van der Waals surface area contributed by atoms with Crippen LogP contribution < -0.4 is 5.32 Å². The van der Waals surface area contributed by atoms with E-state index in [4.69, 9.17) is 5.11 Å².